The molecule has 3 heteroatoms. The fraction of sp³-hybridized carbons (Fsp3) is 0.357. The molecule has 1 aromatic carbocycles. The van der Waals surface area contributed by atoms with Gasteiger partial charge in [0.05, 0.1) is 0 Å². The Bertz CT molecular complexity index is 531. The Morgan fingerprint density at radius 2 is 2.24 bits per heavy atom. The molecule has 0 fully saturated rings. The summed E-state index contributed by atoms with van der Waals surface area (Å²) in [6, 6.07) is 8.41. The first-order valence-electron chi connectivity index (χ1n) is 6.14. The monoisotopic (exact) mass is 228 g/mol. The summed E-state index contributed by atoms with van der Waals surface area (Å²) in [6.45, 7) is 3.08. The maximum Gasteiger partial charge on any atom is 0.228 e. The molecule has 1 aromatic heterocycles. The first-order valence-corrected chi connectivity index (χ1v) is 6.14. The van der Waals surface area contributed by atoms with Crippen molar-refractivity contribution in [1.29, 1.82) is 0 Å². The van der Waals surface area contributed by atoms with Crippen LogP contribution in [0.5, 0.6) is 0 Å². The van der Waals surface area contributed by atoms with E-state index < -0.39 is 0 Å². The molecule has 3 rings (SSSR count). The molecule has 0 spiro atoms. The van der Waals surface area contributed by atoms with E-state index in [4.69, 9.17) is 4.52 Å². The fourth-order valence-electron chi connectivity index (χ4n) is 2.33. The van der Waals surface area contributed by atoms with Crippen LogP contribution in [0.15, 0.2) is 28.8 Å². The third-order valence-electron chi connectivity index (χ3n) is 3.22. The summed E-state index contributed by atoms with van der Waals surface area (Å²) in [5, 5.41) is 7.51. The van der Waals surface area contributed by atoms with Crippen LogP contribution < -0.4 is 5.32 Å². The van der Waals surface area contributed by atoms with Crippen LogP contribution in [0.1, 0.15) is 24.0 Å². The standard InChI is InChI=1S/C14H16N2O/c1-10-5-4-6-11(9-10)13-12-7-2-3-8-15-14(12)17-16-13/h4-6,9,15H,2-3,7-8H2,1H3. The first kappa shape index (κ1) is 10.4. The zero-order valence-corrected chi connectivity index (χ0v) is 9.99. The highest BCUT2D eigenvalue weighted by Crippen LogP contribution is 2.31. The van der Waals surface area contributed by atoms with Crippen molar-refractivity contribution < 1.29 is 4.52 Å². The average molecular weight is 228 g/mol. The van der Waals surface area contributed by atoms with Crippen LogP contribution in [-0.2, 0) is 6.42 Å². The minimum atomic E-state index is 0.860. The number of nitrogens with one attached hydrogen (secondary N) is 1. The van der Waals surface area contributed by atoms with Gasteiger partial charge in [-0.3, -0.25) is 0 Å². The molecule has 0 bridgehead atoms. The van der Waals surface area contributed by atoms with Crippen molar-refractivity contribution in [3.8, 4) is 11.3 Å². The molecule has 0 unspecified atom stereocenters. The fourth-order valence-corrected chi connectivity index (χ4v) is 2.33. The predicted octanol–water partition coefficient (Wildman–Crippen LogP) is 3.40. The third kappa shape index (κ3) is 1.93. The lowest BCUT2D eigenvalue weighted by Crippen LogP contribution is -1.97. The molecule has 3 nitrogen and oxygen atoms in total. The molecule has 2 heterocycles. The van der Waals surface area contributed by atoms with Crippen molar-refractivity contribution in [3.63, 3.8) is 0 Å². The summed E-state index contributed by atoms with van der Waals surface area (Å²) in [4.78, 5) is 0. The lowest BCUT2D eigenvalue weighted by molar-refractivity contribution is 0.434. The first-order chi connectivity index (χ1) is 8.34. The Morgan fingerprint density at radius 1 is 1.29 bits per heavy atom. The van der Waals surface area contributed by atoms with Crippen molar-refractivity contribution in [3.05, 3.63) is 35.4 Å². The lowest BCUT2D eigenvalue weighted by atomic mass is 10.0. The normalized spacial score (nSPS) is 14.9. The number of rotatable bonds is 1. The summed E-state index contributed by atoms with van der Waals surface area (Å²) >= 11 is 0. The van der Waals surface area contributed by atoms with Gasteiger partial charge in [0.2, 0.25) is 5.88 Å². The Balaban J connectivity index is 2.06. The van der Waals surface area contributed by atoms with E-state index in [9.17, 15) is 0 Å². The molecular weight excluding hydrogens is 212 g/mol. The van der Waals surface area contributed by atoms with Gasteiger partial charge in [0, 0.05) is 17.7 Å². The van der Waals surface area contributed by atoms with E-state index in [2.05, 4.69) is 41.7 Å². The highest BCUT2D eigenvalue weighted by atomic mass is 16.5. The molecule has 17 heavy (non-hydrogen) atoms. The van der Waals surface area contributed by atoms with Gasteiger partial charge in [0.1, 0.15) is 5.69 Å². The van der Waals surface area contributed by atoms with Gasteiger partial charge >= 0.3 is 0 Å². The van der Waals surface area contributed by atoms with Gasteiger partial charge < -0.3 is 9.84 Å². The largest absolute Gasteiger partial charge is 0.354 e. The Kier molecular flexibility index (Phi) is 2.59. The van der Waals surface area contributed by atoms with Crippen molar-refractivity contribution in [2.45, 2.75) is 26.2 Å². The van der Waals surface area contributed by atoms with E-state index in [1.807, 2.05) is 0 Å². The maximum atomic E-state index is 5.40. The SMILES string of the molecule is Cc1cccc(-c2noc3c2CCCCN3)c1. The molecule has 0 radical (unpaired) electrons. The second-order valence-electron chi connectivity index (χ2n) is 4.59. The minimum absolute atomic E-state index is 0.860. The molecular formula is C14H16N2O. The highest BCUT2D eigenvalue weighted by Gasteiger charge is 2.18. The Morgan fingerprint density at radius 3 is 3.12 bits per heavy atom. The van der Waals surface area contributed by atoms with E-state index >= 15 is 0 Å². The van der Waals surface area contributed by atoms with Crippen LogP contribution in [0.4, 0.5) is 5.88 Å². The number of fused-ring (bicyclic) bond motifs is 1. The van der Waals surface area contributed by atoms with Gasteiger partial charge in [-0.2, -0.15) is 0 Å². The highest BCUT2D eigenvalue weighted by molar-refractivity contribution is 5.68. The van der Waals surface area contributed by atoms with Gasteiger partial charge in [-0.05, 0) is 32.3 Å². The van der Waals surface area contributed by atoms with E-state index in [1.165, 1.54) is 24.0 Å². The third-order valence-corrected chi connectivity index (χ3v) is 3.22. The molecule has 0 saturated heterocycles. The lowest BCUT2D eigenvalue weighted by Gasteiger charge is -2.01. The van der Waals surface area contributed by atoms with Crippen LogP contribution in [0.3, 0.4) is 0 Å². The van der Waals surface area contributed by atoms with Crippen molar-refractivity contribution >= 4 is 5.88 Å². The molecule has 88 valence electrons. The van der Waals surface area contributed by atoms with E-state index in [-0.39, 0.29) is 0 Å². The molecule has 0 atom stereocenters. The molecule has 0 amide bonds. The summed E-state index contributed by atoms with van der Waals surface area (Å²) in [5.41, 5.74) is 4.63. The van der Waals surface area contributed by atoms with Crippen LogP contribution in [0, 0.1) is 6.92 Å². The zero-order chi connectivity index (χ0) is 11.7. The van der Waals surface area contributed by atoms with Gasteiger partial charge in [-0.25, -0.2) is 0 Å². The molecule has 1 aliphatic heterocycles. The number of aryl methyl sites for hydroxylation is 1. The zero-order valence-electron chi connectivity index (χ0n) is 9.99. The van der Waals surface area contributed by atoms with Crippen molar-refractivity contribution in [2.24, 2.45) is 0 Å². The van der Waals surface area contributed by atoms with E-state index in [0.29, 0.717) is 0 Å². The van der Waals surface area contributed by atoms with Crippen LogP contribution in [-0.4, -0.2) is 11.7 Å². The molecule has 0 aliphatic carbocycles. The van der Waals surface area contributed by atoms with Gasteiger partial charge in [-0.15, -0.1) is 0 Å². The number of aromatic nitrogens is 1. The summed E-state index contributed by atoms with van der Waals surface area (Å²) in [7, 11) is 0. The quantitative estimate of drug-likeness (QED) is 0.813. The molecule has 2 aromatic rings. The average Bonchev–Trinajstić information content (AvgIpc) is 2.59. The number of hydrogen-bond acceptors (Lipinski definition) is 3. The number of benzene rings is 1. The van der Waals surface area contributed by atoms with Crippen LogP contribution >= 0.6 is 0 Å². The maximum absolute atomic E-state index is 5.40. The molecule has 0 saturated carbocycles. The minimum Gasteiger partial charge on any atom is -0.354 e. The summed E-state index contributed by atoms with van der Waals surface area (Å²) < 4.78 is 5.40. The topological polar surface area (TPSA) is 38.1 Å². The van der Waals surface area contributed by atoms with Gasteiger partial charge in [-0.1, -0.05) is 28.9 Å². The second kappa shape index (κ2) is 4.24. The molecule has 1 aliphatic rings. The van der Waals surface area contributed by atoms with Crippen LogP contribution in [0.25, 0.3) is 11.3 Å². The van der Waals surface area contributed by atoms with Gasteiger partial charge in [0.15, 0.2) is 0 Å². The van der Waals surface area contributed by atoms with Crippen LogP contribution in [0.2, 0.25) is 0 Å². The number of hydrogen-bond donors (Lipinski definition) is 1. The Labute approximate surface area is 101 Å². The van der Waals surface area contributed by atoms with Crippen molar-refractivity contribution in [2.75, 3.05) is 11.9 Å². The Hall–Kier alpha value is -1.77. The van der Waals surface area contributed by atoms with E-state index in [1.54, 1.807) is 0 Å². The smallest absolute Gasteiger partial charge is 0.228 e. The number of nitrogens with zero attached hydrogens (tertiary/aromatic N) is 1. The number of anilines is 1. The van der Waals surface area contributed by atoms with Crippen molar-refractivity contribution in [1.82, 2.24) is 5.16 Å². The van der Waals surface area contributed by atoms with Gasteiger partial charge in [0.25, 0.3) is 0 Å². The second-order valence-corrected chi connectivity index (χ2v) is 4.59. The summed E-state index contributed by atoms with van der Waals surface area (Å²) in [5.74, 6) is 0.860. The molecule has 1 N–H and O–H groups in total. The summed E-state index contributed by atoms with van der Waals surface area (Å²) in [6.07, 6.45) is 3.44. The predicted molar refractivity (Wildman–Crippen MR) is 68.1 cm³/mol. The van der Waals surface area contributed by atoms with E-state index in [0.717, 1.165) is 30.1 Å².